The normalized spacial score (nSPS) is 10.7. The number of benzene rings is 3. The Morgan fingerprint density at radius 3 is 1.92 bits per heavy atom. The molecule has 0 aliphatic rings. The van der Waals surface area contributed by atoms with Gasteiger partial charge in [0.1, 0.15) is 24.7 Å². The van der Waals surface area contributed by atoms with Crippen molar-refractivity contribution in [1.29, 1.82) is 0 Å². The molecule has 0 bridgehead atoms. The maximum atomic E-state index is 6.08. The first kappa shape index (κ1) is 17.1. The summed E-state index contributed by atoms with van der Waals surface area (Å²) in [5.41, 5.74) is 3.43. The highest BCUT2D eigenvalue weighted by Gasteiger charge is 2.10. The van der Waals surface area contributed by atoms with Crippen LogP contribution in [-0.2, 0) is 13.2 Å². The number of hydrogen-bond donors (Lipinski definition) is 0. The molecule has 0 spiro atoms. The van der Waals surface area contributed by atoms with Gasteiger partial charge in [0.25, 0.3) is 0 Å². The van der Waals surface area contributed by atoms with Gasteiger partial charge in [0, 0.05) is 12.1 Å². The Bertz CT molecular complexity index is 780. The van der Waals surface area contributed by atoms with Crippen molar-refractivity contribution in [2.45, 2.75) is 33.0 Å². The van der Waals surface area contributed by atoms with Crippen LogP contribution in [0.15, 0.2) is 72.8 Å². The average molecular weight is 331 g/mol. The third kappa shape index (κ3) is 4.87. The molecular weight excluding hydrogens is 308 g/mol. The van der Waals surface area contributed by atoms with Crippen LogP contribution in [0, 0.1) is 6.07 Å². The van der Waals surface area contributed by atoms with E-state index in [-0.39, 0.29) is 0 Å². The second kappa shape index (κ2) is 8.39. The van der Waals surface area contributed by atoms with Crippen LogP contribution in [-0.4, -0.2) is 0 Å². The Morgan fingerprint density at radius 2 is 1.36 bits per heavy atom. The molecule has 0 N–H and O–H groups in total. The molecule has 0 fully saturated rings. The maximum Gasteiger partial charge on any atom is 0.131 e. The van der Waals surface area contributed by atoms with Crippen molar-refractivity contribution in [2.75, 3.05) is 0 Å². The summed E-state index contributed by atoms with van der Waals surface area (Å²) < 4.78 is 12.0. The standard InChI is InChI=1S/C23H23O2/c1-18(2)22-14-13-21(24-16-19-9-5-3-6-10-19)15-23(22)25-17-20-11-7-4-8-12-20/h3-12,14-15,18H,16-17H2,1-2H3. The summed E-state index contributed by atoms with van der Waals surface area (Å²) in [7, 11) is 0. The maximum absolute atomic E-state index is 6.08. The van der Waals surface area contributed by atoms with Crippen LogP contribution in [0.25, 0.3) is 0 Å². The topological polar surface area (TPSA) is 18.5 Å². The van der Waals surface area contributed by atoms with Gasteiger partial charge in [0.2, 0.25) is 0 Å². The fourth-order valence-electron chi connectivity index (χ4n) is 2.59. The lowest BCUT2D eigenvalue weighted by Gasteiger charge is -2.16. The van der Waals surface area contributed by atoms with E-state index in [0.717, 1.165) is 22.4 Å². The van der Waals surface area contributed by atoms with Crippen LogP contribution in [0.1, 0.15) is 36.5 Å². The van der Waals surface area contributed by atoms with Gasteiger partial charge >= 0.3 is 0 Å². The molecule has 3 aromatic carbocycles. The zero-order chi connectivity index (χ0) is 17.5. The van der Waals surface area contributed by atoms with Crippen LogP contribution >= 0.6 is 0 Å². The molecule has 0 unspecified atom stereocenters. The first-order chi connectivity index (χ1) is 12.2. The van der Waals surface area contributed by atoms with Crippen LogP contribution in [0.4, 0.5) is 0 Å². The lowest BCUT2D eigenvalue weighted by Crippen LogP contribution is -2.01. The van der Waals surface area contributed by atoms with E-state index in [2.05, 4.69) is 44.2 Å². The van der Waals surface area contributed by atoms with Crippen molar-refractivity contribution >= 4 is 0 Å². The Labute approximate surface area is 150 Å². The van der Waals surface area contributed by atoms with Crippen molar-refractivity contribution < 1.29 is 9.47 Å². The number of rotatable bonds is 7. The van der Waals surface area contributed by atoms with Gasteiger partial charge < -0.3 is 9.47 Å². The molecule has 25 heavy (non-hydrogen) atoms. The highest BCUT2D eigenvalue weighted by molar-refractivity contribution is 5.42. The fourth-order valence-corrected chi connectivity index (χ4v) is 2.59. The SMILES string of the molecule is CC(C)c1c[c]c(OCc2ccccc2)cc1OCc1ccccc1. The molecule has 0 amide bonds. The van der Waals surface area contributed by atoms with Crippen molar-refractivity contribution in [3.8, 4) is 11.5 Å². The molecule has 1 radical (unpaired) electrons. The molecule has 2 nitrogen and oxygen atoms in total. The molecule has 3 rings (SSSR count). The predicted molar refractivity (Wildman–Crippen MR) is 101 cm³/mol. The van der Waals surface area contributed by atoms with Gasteiger partial charge in [-0.15, -0.1) is 0 Å². The van der Waals surface area contributed by atoms with Gasteiger partial charge in [0.15, 0.2) is 0 Å². The molecule has 2 heteroatoms. The molecule has 0 atom stereocenters. The molecule has 0 aliphatic heterocycles. The van der Waals surface area contributed by atoms with Crippen molar-refractivity contribution in [3.63, 3.8) is 0 Å². The largest absolute Gasteiger partial charge is 0.488 e. The van der Waals surface area contributed by atoms with Gasteiger partial charge in [-0.25, -0.2) is 0 Å². The van der Waals surface area contributed by atoms with Gasteiger partial charge in [0.05, 0.1) is 0 Å². The number of hydrogen-bond acceptors (Lipinski definition) is 2. The lowest BCUT2D eigenvalue weighted by molar-refractivity contribution is 0.286. The first-order valence-corrected chi connectivity index (χ1v) is 8.61. The van der Waals surface area contributed by atoms with Crippen LogP contribution in [0.5, 0.6) is 11.5 Å². The smallest absolute Gasteiger partial charge is 0.131 e. The van der Waals surface area contributed by atoms with Crippen LogP contribution in [0.2, 0.25) is 0 Å². The van der Waals surface area contributed by atoms with Crippen molar-refractivity contribution in [3.05, 3.63) is 95.6 Å². The summed E-state index contributed by atoms with van der Waals surface area (Å²) in [4.78, 5) is 0. The fraction of sp³-hybridized carbons (Fsp3) is 0.217. The summed E-state index contributed by atoms with van der Waals surface area (Å²) in [6, 6.07) is 27.5. The third-order valence-corrected chi connectivity index (χ3v) is 4.01. The zero-order valence-electron chi connectivity index (χ0n) is 14.7. The van der Waals surface area contributed by atoms with E-state index in [1.165, 1.54) is 0 Å². The minimum atomic E-state index is 0.366. The molecule has 0 saturated carbocycles. The quantitative estimate of drug-likeness (QED) is 0.547. The minimum Gasteiger partial charge on any atom is -0.488 e. The molecule has 0 saturated heterocycles. The minimum absolute atomic E-state index is 0.366. The van der Waals surface area contributed by atoms with Gasteiger partial charge in [-0.3, -0.25) is 0 Å². The van der Waals surface area contributed by atoms with E-state index in [9.17, 15) is 0 Å². The second-order valence-corrected chi connectivity index (χ2v) is 6.32. The molecule has 0 heterocycles. The molecule has 0 aromatic heterocycles. The summed E-state index contributed by atoms with van der Waals surface area (Å²) in [5, 5.41) is 0. The highest BCUT2D eigenvalue weighted by Crippen LogP contribution is 2.31. The lowest BCUT2D eigenvalue weighted by atomic mass is 10.0. The molecular formula is C23H23O2. The number of ether oxygens (including phenoxy) is 2. The molecule has 3 aromatic rings. The van der Waals surface area contributed by atoms with Gasteiger partial charge in [-0.05, 0) is 28.7 Å². The highest BCUT2D eigenvalue weighted by atomic mass is 16.5. The summed E-state index contributed by atoms with van der Waals surface area (Å²) in [5.74, 6) is 1.93. The summed E-state index contributed by atoms with van der Waals surface area (Å²) >= 11 is 0. The Hall–Kier alpha value is -2.74. The first-order valence-electron chi connectivity index (χ1n) is 8.61. The monoisotopic (exact) mass is 331 g/mol. The summed E-state index contributed by atoms with van der Waals surface area (Å²) in [6.45, 7) is 5.38. The molecule has 127 valence electrons. The van der Waals surface area contributed by atoms with E-state index >= 15 is 0 Å². The Morgan fingerprint density at radius 1 is 0.800 bits per heavy atom. The van der Waals surface area contributed by atoms with E-state index in [1.807, 2.05) is 48.5 Å². The Kier molecular flexibility index (Phi) is 5.73. The average Bonchev–Trinajstić information content (AvgIpc) is 2.66. The van der Waals surface area contributed by atoms with Crippen molar-refractivity contribution in [1.82, 2.24) is 0 Å². The summed E-state index contributed by atoms with van der Waals surface area (Å²) in [6.07, 6.45) is 0. The zero-order valence-corrected chi connectivity index (χ0v) is 14.7. The van der Waals surface area contributed by atoms with E-state index in [0.29, 0.717) is 24.9 Å². The predicted octanol–water partition coefficient (Wildman–Crippen LogP) is 5.77. The molecule has 0 aliphatic carbocycles. The van der Waals surface area contributed by atoms with E-state index < -0.39 is 0 Å². The van der Waals surface area contributed by atoms with Gasteiger partial charge in [-0.1, -0.05) is 74.5 Å². The van der Waals surface area contributed by atoms with Gasteiger partial charge in [-0.2, -0.15) is 0 Å². The van der Waals surface area contributed by atoms with E-state index in [1.54, 1.807) is 0 Å². The van der Waals surface area contributed by atoms with E-state index in [4.69, 9.17) is 9.47 Å². The Balaban J connectivity index is 1.72. The second-order valence-electron chi connectivity index (χ2n) is 6.32. The van der Waals surface area contributed by atoms with Crippen LogP contribution < -0.4 is 9.47 Å². The van der Waals surface area contributed by atoms with Crippen LogP contribution in [0.3, 0.4) is 0 Å². The third-order valence-electron chi connectivity index (χ3n) is 4.01. The van der Waals surface area contributed by atoms with Crippen molar-refractivity contribution in [2.24, 2.45) is 0 Å².